The molecule has 0 aromatic heterocycles. The van der Waals surface area contributed by atoms with Crippen molar-refractivity contribution in [3.05, 3.63) is 0 Å². The quantitative estimate of drug-likeness (QED) is 0.769. The highest BCUT2D eigenvalue weighted by molar-refractivity contribution is 4.92. The summed E-state index contributed by atoms with van der Waals surface area (Å²) in [6.07, 6.45) is 2.78. The van der Waals surface area contributed by atoms with Crippen molar-refractivity contribution in [3.8, 4) is 0 Å². The van der Waals surface area contributed by atoms with Crippen molar-refractivity contribution in [2.75, 3.05) is 26.2 Å². The third kappa shape index (κ3) is 5.78. The van der Waals surface area contributed by atoms with Gasteiger partial charge >= 0.3 is 6.18 Å². The lowest BCUT2D eigenvalue weighted by molar-refractivity contribution is -0.149. The van der Waals surface area contributed by atoms with Gasteiger partial charge in [-0.15, -0.1) is 0 Å². The first kappa shape index (κ1) is 17.1. The molecule has 0 atom stereocenters. The average molecular weight is 306 g/mol. The molecule has 0 unspecified atom stereocenters. The summed E-state index contributed by atoms with van der Waals surface area (Å²) in [7, 11) is 0. The van der Waals surface area contributed by atoms with Crippen molar-refractivity contribution in [1.82, 2.24) is 10.2 Å². The van der Waals surface area contributed by atoms with E-state index in [0.717, 1.165) is 38.1 Å². The number of hydrogen-bond donors (Lipinski definition) is 1. The zero-order valence-electron chi connectivity index (χ0n) is 13.3. The van der Waals surface area contributed by atoms with Gasteiger partial charge in [-0.3, -0.25) is 4.90 Å². The van der Waals surface area contributed by atoms with Gasteiger partial charge in [0.05, 0.1) is 6.54 Å². The first-order valence-electron chi connectivity index (χ1n) is 8.34. The Balaban J connectivity index is 1.95. The predicted molar refractivity (Wildman–Crippen MR) is 79.3 cm³/mol. The van der Waals surface area contributed by atoms with E-state index in [1.807, 2.05) is 6.92 Å². The van der Waals surface area contributed by atoms with E-state index in [4.69, 9.17) is 0 Å². The summed E-state index contributed by atoms with van der Waals surface area (Å²) in [5.41, 5.74) is 0.0381. The Kier molecular flexibility index (Phi) is 5.58. The molecule has 2 aliphatic rings. The SMILES string of the molecule is CCN(CC(F)(F)F)CC1(CNC2CC2)CCC(C)CC1. The molecule has 2 rings (SSSR count). The summed E-state index contributed by atoms with van der Waals surface area (Å²) in [5.74, 6) is 0.719. The molecule has 124 valence electrons. The van der Waals surface area contributed by atoms with Gasteiger partial charge in [0.25, 0.3) is 0 Å². The van der Waals surface area contributed by atoms with Gasteiger partial charge in [-0.25, -0.2) is 0 Å². The van der Waals surface area contributed by atoms with Crippen LogP contribution in [0, 0.1) is 11.3 Å². The van der Waals surface area contributed by atoms with Crippen LogP contribution < -0.4 is 5.32 Å². The van der Waals surface area contributed by atoms with E-state index < -0.39 is 12.7 Å². The van der Waals surface area contributed by atoms with Crippen molar-refractivity contribution in [3.63, 3.8) is 0 Å². The smallest absolute Gasteiger partial charge is 0.313 e. The molecule has 0 radical (unpaired) electrons. The molecule has 21 heavy (non-hydrogen) atoms. The molecular formula is C16H29F3N2. The zero-order valence-corrected chi connectivity index (χ0v) is 13.3. The van der Waals surface area contributed by atoms with Crippen molar-refractivity contribution < 1.29 is 13.2 Å². The lowest BCUT2D eigenvalue weighted by atomic mass is 9.70. The van der Waals surface area contributed by atoms with E-state index in [9.17, 15) is 13.2 Å². The zero-order chi connectivity index (χ0) is 15.5. The largest absolute Gasteiger partial charge is 0.401 e. The minimum Gasteiger partial charge on any atom is -0.313 e. The van der Waals surface area contributed by atoms with Crippen molar-refractivity contribution in [2.45, 2.75) is 64.6 Å². The molecule has 2 saturated carbocycles. The van der Waals surface area contributed by atoms with E-state index in [0.29, 0.717) is 19.1 Å². The molecule has 0 amide bonds. The van der Waals surface area contributed by atoms with Crippen molar-refractivity contribution >= 4 is 0 Å². The summed E-state index contributed by atoms with van der Waals surface area (Å²) in [4.78, 5) is 1.59. The summed E-state index contributed by atoms with van der Waals surface area (Å²) < 4.78 is 38.1. The molecule has 0 spiro atoms. The van der Waals surface area contributed by atoms with Crippen LogP contribution in [0.25, 0.3) is 0 Å². The monoisotopic (exact) mass is 306 g/mol. The second-order valence-electron chi connectivity index (χ2n) is 7.26. The third-order valence-electron chi connectivity index (χ3n) is 5.09. The van der Waals surface area contributed by atoms with Crippen LogP contribution >= 0.6 is 0 Å². The molecule has 1 N–H and O–H groups in total. The standard InChI is InChI=1S/C16H29F3N2/c1-3-21(12-16(17,18)19)11-15(10-20-14-4-5-14)8-6-13(2)7-9-15/h13-14,20H,3-12H2,1-2H3. The van der Waals surface area contributed by atoms with E-state index >= 15 is 0 Å². The lowest BCUT2D eigenvalue weighted by Gasteiger charge is -2.43. The first-order valence-corrected chi connectivity index (χ1v) is 8.34. The fourth-order valence-corrected chi connectivity index (χ4v) is 3.42. The van der Waals surface area contributed by atoms with E-state index in [2.05, 4.69) is 12.2 Å². The molecule has 2 aliphatic carbocycles. The molecule has 5 heteroatoms. The van der Waals surface area contributed by atoms with Gasteiger partial charge in [0.1, 0.15) is 0 Å². The number of halogens is 3. The highest BCUT2D eigenvalue weighted by Gasteiger charge is 2.39. The van der Waals surface area contributed by atoms with Crippen LogP contribution in [0.1, 0.15) is 52.4 Å². The first-order chi connectivity index (χ1) is 9.82. The third-order valence-corrected chi connectivity index (χ3v) is 5.09. The van der Waals surface area contributed by atoms with Crippen LogP contribution in [0.5, 0.6) is 0 Å². The Morgan fingerprint density at radius 2 is 1.76 bits per heavy atom. The number of nitrogens with one attached hydrogen (secondary N) is 1. The van der Waals surface area contributed by atoms with Crippen LogP contribution in [-0.4, -0.2) is 43.3 Å². The number of hydrogen-bond acceptors (Lipinski definition) is 2. The van der Waals surface area contributed by atoms with Gasteiger partial charge in [0.15, 0.2) is 0 Å². The molecule has 0 heterocycles. The van der Waals surface area contributed by atoms with Gasteiger partial charge in [-0.05, 0) is 43.6 Å². The van der Waals surface area contributed by atoms with Gasteiger partial charge < -0.3 is 5.32 Å². The lowest BCUT2D eigenvalue weighted by Crippen LogP contribution is -2.48. The highest BCUT2D eigenvalue weighted by Crippen LogP contribution is 2.40. The summed E-state index contributed by atoms with van der Waals surface area (Å²) in [6.45, 7) is 5.25. The minimum atomic E-state index is -4.09. The van der Waals surface area contributed by atoms with Crippen LogP contribution in [0.2, 0.25) is 0 Å². The summed E-state index contributed by atoms with van der Waals surface area (Å²) in [5, 5.41) is 3.57. The Morgan fingerprint density at radius 3 is 2.24 bits per heavy atom. The molecule has 0 aromatic carbocycles. The second kappa shape index (κ2) is 6.86. The summed E-state index contributed by atoms with van der Waals surface area (Å²) >= 11 is 0. The number of rotatable bonds is 7. The van der Waals surface area contributed by atoms with Crippen molar-refractivity contribution in [2.24, 2.45) is 11.3 Å². The summed E-state index contributed by atoms with van der Waals surface area (Å²) in [6, 6.07) is 0.624. The minimum absolute atomic E-state index is 0.0381. The predicted octanol–water partition coefficient (Wildman–Crippen LogP) is 3.82. The fourth-order valence-electron chi connectivity index (χ4n) is 3.42. The van der Waals surface area contributed by atoms with Crippen LogP contribution in [-0.2, 0) is 0 Å². The van der Waals surface area contributed by atoms with Crippen molar-refractivity contribution in [1.29, 1.82) is 0 Å². The van der Waals surface area contributed by atoms with Gasteiger partial charge in [0.2, 0.25) is 0 Å². The Morgan fingerprint density at radius 1 is 1.14 bits per heavy atom. The Bertz CT molecular complexity index is 318. The van der Waals surface area contributed by atoms with E-state index in [1.54, 1.807) is 4.90 Å². The van der Waals surface area contributed by atoms with Crippen LogP contribution in [0.3, 0.4) is 0 Å². The Hall–Kier alpha value is -0.290. The molecule has 0 aliphatic heterocycles. The van der Waals surface area contributed by atoms with Crippen LogP contribution in [0.15, 0.2) is 0 Å². The van der Waals surface area contributed by atoms with Gasteiger partial charge in [-0.2, -0.15) is 13.2 Å². The topological polar surface area (TPSA) is 15.3 Å². The maximum atomic E-state index is 12.7. The number of nitrogens with zero attached hydrogens (tertiary/aromatic N) is 1. The van der Waals surface area contributed by atoms with E-state index in [1.165, 1.54) is 12.8 Å². The maximum absolute atomic E-state index is 12.7. The molecular weight excluding hydrogens is 277 g/mol. The van der Waals surface area contributed by atoms with Gasteiger partial charge in [-0.1, -0.05) is 26.7 Å². The fraction of sp³-hybridized carbons (Fsp3) is 1.00. The second-order valence-corrected chi connectivity index (χ2v) is 7.26. The molecule has 0 bridgehead atoms. The molecule has 2 fully saturated rings. The molecule has 0 saturated heterocycles. The van der Waals surface area contributed by atoms with Gasteiger partial charge in [0, 0.05) is 19.1 Å². The number of alkyl halides is 3. The van der Waals surface area contributed by atoms with Crippen LogP contribution in [0.4, 0.5) is 13.2 Å². The highest BCUT2D eigenvalue weighted by atomic mass is 19.4. The molecule has 2 nitrogen and oxygen atoms in total. The van der Waals surface area contributed by atoms with E-state index in [-0.39, 0.29) is 5.41 Å². The normalized spacial score (nSPS) is 30.9. The molecule has 0 aromatic rings. The maximum Gasteiger partial charge on any atom is 0.401 e. The Labute approximate surface area is 126 Å². The average Bonchev–Trinajstić information content (AvgIpc) is 3.22.